The number of aryl methyl sites for hydroxylation is 2. The van der Waals surface area contributed by atoms with Crippen LogP contribution in [0.1, 0.15) is 23.2 Å². The van der Waals surface area contributed by atoms with Gasteiger partial charge in [-0.25, -0.2) is 4.98 Å². The molecule has 2 aromatic rings. The van der Waals surface area contributed by atoms with Gasteiger partial charge < -0.3 is 4.57 Å². The molecule has 0 bridgehead atoms. The number of rotatable bonds is 3. The molecule has 0 N–H and O–H groups in total. The highest BCUT2D eigenvalue weighted by Gasteiger charge is 2.02. The zero-order chi connectivity index (χ0) is 11.5. The average molecular weight is 234 g/mol. The first-order chi connectivity index (χ1) is 7.69. The van der Waals surface area contributed by atoms with Gasteiger partial charge in [0.15, 0.2) is 0 Å². The van der Waals surface area contributed by atoms with Crippen molar-refractivity contribution < 1.29 is 0 Å². The Morgan fingerprint density at radius 3 is 2.94 bits per heavy atom. The Morgan fingerprint density at radius 1 is 1.50 bits per heavy atom. The van der Waals surface area contributed by atoms with E-state index < -0.39 is 0 Å². The number of thiazole rings is 1. The normalized spacial score (nSPS) is 10.6. The lowest BCUT2D eigenvalue weighted by Gasteiger charge is -2.02. The van der Waals surface area contributed by atoms with Crippen molar-refractivity contribution >= 4 is 11.3 Å². The van der Waals surface area contributed by atoms with Crippen LogP contribution in [0.15, 0.2) is 28.5 Å². The molecule has 0 amide bonds. The molecule has 0 saturated heterocycles. The number of aromatic nitrogens is 2. The summed E-state index contributed by atoms with van der Waals surface area (Å²) in [5, 5.41) is 3.14. The van der Waals surface area contributed by atoms with Gasteiger partial charge in [0, 0.05) is 17.6 Å². The SMILES string of the molecule is CCc1nc(Cn2ccc(C)cc2=O)cs1. The van der Waals surface area contributed by atoms with E-state index in [1.807, 2.05) is 24.6 Å². The number of pyridine rings is 1. The van der Waals surface area contributed by atoms with Crippen LogP contribution in [0.5, 0.6) is 0 Å². The zero-order valence-electron chi connectivity index (χ0n) is 9.43. The fraction of sp³-hybridized carbons (Fsp3) is 0.333. The van der Waals surface area contributed by atoms with Gasteiger partial charge in [-0.2, -0.15) is 0 Å². The Bertz CT molecular complexity index is 542. The van der Waals surface area contributed by atoms with Crippen molar-refractivity contribution in [2.45, 2.75) is 26.8 Å². The van der Waals surface area contributed by atoms with Gasteiger partial charge in [0.1, 0.15) is 0 Å². The van der Waals surface area contributed by atoms with Crippen molar-refractivity contribution in [2.24, 2.45) is 0 Å². The summed E-state index contributed by atoms with van der Waals surface area (Å²) >= 11 is 1.65. The third-order valence-electron chi connectivity index (χ3n) is 2.39. The molecule has 0 fully saturated rings. The molecule has 0 aliphatic carbocycles. The van der Waals surface area contributed by atoms with Gasteiger partial charge in [-0.05, 0) is 25.0 Å². The van der Waals surface area contributed by atoms with E-state index in [1.54, 1.807) is 22.0 Å². The molecular weight excluding hydrogens is 220 g/mol. The van der Waals surface area contributed by atoms with Gasteiger partial charge >= 0.3 is 0 Å². The molecule has 0 atom stereocenters. The molecule has 3 nitrogen and oxygen atoms in total. The monoisotopic (exact) mass is 234 g/mol. The van der Waals surface area contributed by atoms with Gasteiger partial charge in [-0.15, -0.1) is 11.3 Å². The Kier molecular flexibility index (Phi) is 3.19. The molecule has 16 heavy (non-hydrogen) atoms. The van der Waals surface area contributed by atoms with Crippen LogP contribution in [0.3, 0.4) is 0 Å². The highest BCUT2D eigenvalue weighted by molar-refractivity contribution is 7.09. The van der Waals surface area contributed by atoms with Crippen molar-refractivity contribution in [1.29, 1.82) is 0 Å². The Labute approximate surface area is 98.4 Å². The fourth-order valence-electron chi connectivity index (χ4n) is 1.50. The molecule has 2 rings (SSSR count). The molecule has 0 aliphatic rings. The summed E-state index contributed by atoms with van der Waals surface area (Å²) in [5.74, 6) is 0. The first kappa shape index (κ1) is 11.1. The second kappa shape index (κ2) is 4.61. The molecule has 0 saturated carbocycles. The van der Waals surface area contributed by atoms with Crippen molar-refractivity contribution in [3.63, 3.8) is 0 Å². The molecular formula is C12H14N2OS. The summed E-state index contributed by atoms with van der Waals surface area (Å²) < 4.78 is 1.68. The summed E-state index contributed by atoms with van der Waals surface area (Å²) in [5.41, 5.74) is 1.99. The van der Waals surface area contributed by atoms with Crippen molar-refractivity contribution in [1.82, 2.24) is 9.55 Å². The van der Waals surface area contributed by atoms with Crippen LogP contribution in [-0.2, 0) is 13.0 Å². The quantitative estimate of drug-likeness (QED) is 0.816. The fourth-order valence-corrected chi connectivity index (χ4v) is 2.23. The predicted molar refractivity (Wildman–Crippen MR) is 66.0 cm³/mol. The maximum atomic E-state index is 11.7. The van der Waals surface area contributed by atoms with Crippen LogP contribution >= 0.6 is 11.3 Å². The lowest BCUT2D eigenvalue weighted by atomic mass is 10.3. The Hall–Kier alpha value is -1.42. The first-order valence-electron chi connectivity index (χ1n) is 5.29. The number of nitrogens with zero attached hydrogens (tertiary/aromatic N) is 2. The van der Waals surface area contributed by atoms with E-state index in [1.165, 1.54) is 0 Å². The topological polar surface area (TPSA) is 34.9 Å². The van der Waals surface area contributed by atoms with Crippen molar-refractivity contribution in [3.8, 4) is 0 Å². The summed E-state index contributed by atoms with van der Waals surface area (Å²) in [4.78, 5) is 16.1. The third-order valence-corrected chi connectivity index (χ3v) is 3.43. The number of hydrogen-bond donors (Lipinski definition) is 0. The Morgan fingerprint density at radius 2 is 2.31 bits per heavy atom. The van der Waals surface area contributed by atoms with Crippen LogP contribution in [0.25, 0.3) is 0 Å². The molecule has 0 aliphatic heterocycles. The molecule has 4 heteroatoms. The van der Waals surface area contributed by atoms with E-state index in [2.05, 4.69) is 11.9 Å². The standard InChI is InChI=1S/C12H14N2OS/c1-3-11-13-10(8-16-11)7-14-5-4-9(2)6-12(14)15/h4-6,8H,3,7H2,1-2H3. The van der Waals surface area contributed by atoms with Gasteiger partial charge in [-0.1, -0.05) is 6.92 Å². The summed E-state index contributed by atoms with van der Waals surface area (Å²) in [6.07, 6.45) is 2.77. The average Bonchev–Trinajstić information content (AvgIpc) is 2.70. The maximum Gasteiger partial charge on any atom is 0.251 e. The van der Waals surface area contributed by atoms with Crippen LogP contribution in [0.2, 0.25) is 0 Å². The van der Waals surface area contributed by atoms with Gasteiger partial charge in [0.2, 0.25) is 0 Å². The van der Waals surface area contributed by atoms with Crippen LogP contribution in [0, 0.1) is 6.92 Å². The van der Waals surface area contributed by atoms with Gasteiger partial charge in [-0.3, -0.25) is 4.79 Å². The van der Waals surface area contributed by atoms with E-state index in [0.29, 0.717) is 6.54 Å². The minimum absolute atomic E-state index is 0.0334. The van der Waals surface area contributed by atoms with Crippen LogP contribution in [-0.4, -0.2) is 9.55 Å². The summed E-state index contributed by atoms with van der Waals surface area (Å²) in [6, 6.07) is 3.58. The predicted octanol–water partition coefficient (Wildman–Crippen LogP) is 2.22. The largest absolute Gasteiger partial charge is 0.309 e. The highest BCUT2D eigenvalue weighted by atomic mass is 32.1. The minimum Gasteiger partial charge on any atom is -0.309 e. The first-order valence-corrected chi connectivity index (χ1v) is 6.17. The molecule has 0 aromatic carbocycles. The minimum atomic E-state index is 0.0334. The number of hydrogen-bond acceptors (Lipinski definition) is 3. The highest BCUT2D eigenvalue weighted by Crippen LogP contribution is 2.10. The Balaban J connectivity index is 2.23. The van der Waals surface area contributed by atoms with E-state index in [9.17, 15) is 4.79 Å². The second-order valence-electron chi connectivity index (χ2n) is 3.76. The lowest BCUT2D eigenvalue weighted by molar-refractivity contribution is 0.739. The smallest absolute Gasteiger partial charge is 0.251 e. The van der Waals surface area contributed by atoms with E-state index in [4.69, 9.17) is 0 Å². The molecule has 0 unspecified atom stereocenters. The zero-order valence-corrected chi connectivity index (χ0v) is 10.3. The molecule has 2 heterocycles. The van der Waals surface area contributed by atoms with E-state index >= 15 is 0 Å². The van der Waals surface area contributed by atoms with Crippen LogP contribution < -0.4 is 5.56 Å². The van der Waals surface area contributed by atoms with Crippen molar-refractivity contribution in [2.75, 3.05) is 0 Å². The lowest BCUT2D eigenvalue weighted by Crippen LogP contribution is -2.19. The molecule has 0 radical (unpaired) electrons. The van der Waals surface area contributed by atoms with Gasteiger partial charge in [0.25, 0.3) is 5.56 Å². The summed E-state index contributed by atoms with van der Waals surface area (Å²) in [6.45, 7) is 4.57. The maximum absolute atomic E-state index is 11.7. The van der Waals surface area contributed by atoms with E-state index in [-0.39, 0.29) is 5.56 Å². The second-order valence-corrected chi connectivity index (χ2v) is 4.70. The van der Waals surface area contributed by atoms with E-state index in [0.717, 1.165) is 22.7 Å². The molecule has 2 aromatic heterocycles. The molecule has 84 valence electrons. The third kappa shape index (κ3) is 2.39. The van der Waals surface area contributed by atoms with Gasteiger partial charge in [0.05, 0.1) is 17.2 Å². The molecule has 0 spiro atoms. The summed E-state index contributed by atoms with van der Waals surface area (Å²) in [7, 11) is 0. The van der Waals surface area contributed by atoms with Crippen LogP contribution in [0.4, 0.5) is 0 Å². The van der Waals surface area contributed by atoms with Crippen molar-refractivity contribution in [3.05, 3.63) is 50.3 Å².